The lowest BCUT2D eigenvalue weighted by molar-refractivity contribution is 0.0342. The van der Waals surface area contributed by atoms with Gasteiger partial charge in [-0.15, -0.1) is 0 Å². The van der Waals surface area contributed by atoms with E-state index in [1.54, 1.807) is 9.21 Å². The molecule has 9 heteroatoms. The maximum absolute atomic E-state index is 12.3. The highest BCUT2D eigenvalue weighted by Crippen LogP contribution is 2.19. The van der Waals surface area contributed by atoms with E-state index in [9.17, 15) is 13.2 Å². The second kappa shape index (κ2) is 9.16. The van der Waals surface area contributed by atoms with E-state index in [4.69, 9.17) is 4.74 Å². The van der Waals surface area contributed by atoms with Crippen LogP contribution in [0.15, 0.2) is 0 Å². The van der Waals surface area contributed by atoms with Crippen molar-refractivity contribution in [3.8, 4) is 0 Å². The molecule has 0 aromatic carbocycles. The van der Waals surface area contributed by atoms with Gasteiger partial charge in [0.15, 0.2) is 0 Å². The van der Waals surface area contributed by atoms with Crippen LogP contribution in [0.4, 0.5) is 4.79 Å². The number of ether oxygens (including phenoxy) is 1. The van der Waals surface area contributed by atoms with Crippen molar-refractivity contribution in [1.29, 1.82) is 0 Å². The fraction of sp³-hybridized carbons (Fsp3) is 0.938. The molecular formula is C16H32N4O4S. The number of morpholine rings is 1. The number of piperidine rings is 1. The van der Waals surface area contributed by atoms with E-state index >= 15 is 0 Å². The quantitative estimate of drug-likeness (QED) is 0.714. The first-order chi connectivity index (χ1) is 11.8. The molecule has 0 spiro atoms. The zero-order valence-electron chi connectivity index (χ0n) is 15.6. The van der Waals surface area contributed by atoms with Gasteiger partial charge in [0.25, 0.3) is 0 Å². The molecule has 0 aliphatic carbocycles. The minimum absolute atomic E-state index is 0.0696. The molecule has 1 N–H and O–H groups in total. The van der Waals surface area contributed by atoms with Gasteiger partial charge in [0, 0.05) is 51.4 Å². The van der Waals surface area contributed by atoms with Crippen molar-refractivity contribution in [2.45, 2.75) is 38.8 Å². The van der Waals surface area contributed by atoms with Crippen LogP contribution in [0.1, 0.15) is 26.7 Å². The Morgan fingerprint density at radius 3 is 2.56 bits per heavy atom. The minimum Gasteiger partial charge on any atom is -0.379 e. The molecule has 2 amide bonds. The van der Waals surface area contributed by atoms with Crippen molar-refractivity contribution < 1.29 is 17.9 Å². The van der Waals surface area contributed by atoms with Crippen LogP contribution >= 0.6 is 0 Å². The fourth-order valence-electron chi connectivity index (χ4n) is 3.40. The lowest BCUT2D eigenvalue weighted by Crippen LogP contribution is -2.55. The van der Waals surface area contributed by atoms with Gasteiger partial charge in [-0.25, -0.2) is 13.2 Å². The Bertz CT molecular complexity index is 534. The minimum atomic E-state index is -3.32. The molecular weight excluding hydrogens is 344 g/mol. The summed E-state index contributed by atoms with van der Waals surface area (Å²) in [6.07, 6.45) is 2.88. The molecule has 2 fully saturated rings. The molecule has 2 rings (SSSR count). The van der Waals surface area contributed by atoms with Gasteiger partial charge in [-0.05, 0) is 26.7 Å². The summed E-state index contributed by atoms with van der Waals surface area (Å²) in [5, 5.41) is 2.89. The van der Waals surface area contributed by atoms with Crippen LogP contribution < -0.4 is 5.32 Å². The van der Waals surface area contributed by atoms with E-state index in [-0.39, 0.29) is 18.1 Å². The van der Waals surface area contributed by atoms with Gasteiger partial charge in [0.2, 0.25) is 10.0 Å². The molecule has 1 atom stereocenters. The van der Waals surface area contributed by atoms with Crippen LogP contribution in [-0.4, -0.2) is 99.4 Å². The molecule has 0 saturated carbocycles. The Hall–Kier alpha value is -0.900. The maximum Gasteiger partial charge on any atom is 0.317 e. The van der Waals surface area contributed by atoms with E-state index in [1.165, 1.54) is 6.26 Å². The SMILES string of the molecule is CC(C)NC(=O)N1CCCC(N(CCN2CCOCC2)S(C)(=O)=O)C1. The Morgan fingerprint density at radius 2 is 1.96 bits per heavy atom. The standard InChI is InChI=1S/C16H32N4O4S/c1-14(2)17-16(21)19-6-4-5-15(13-19)20(25(3,22)23)8-7-18-9-11-24-12-10-18/h14-15H,4-13H2,1-3H3,(H,17,21). The number of nitrogens with zero attached hydrogens (tertiary/aromatic N) is 3. The predicted molar refractivity (Wildman–Crippen MR) is 97.1 cm³/mol. The third-order valence-corrected chi connectivity index (χ3v) is 6.00. The van der Waals surface area contributed by atoms with Crippen LogP contribution in [-0.2, 0) is 14.8 Å². The lowest BCUT2D eigenvalue weighted by atomic mass is 10.1. The summed E-state index contributed by atoms with van der Waals surface area (Å²) in [5.41, 5.74) is 0. The third kappa shape index (κ3) is 6.40. The molecule has 0 bridgehead atoms. The van der Waals surface area contributed by atoms with Crippen molar-refractivity contribution in [3.63, 3.8) is 0 Å². The number of likely N-dealkylation sites (tertiary alicyclic amines) is 1. The number of carbonyl (C=O) groups excluding carboxylic acids is 1. The van der Waals surface area contributed by atoms with E-state index in [0.717, 1.165) is 25.9 Å². The first-order valence-corrected chi connectivity index (χ1v) is 10.9. The second-order valence-corrected chi connectivity index (χ2v) is 9.11. The third-order valence-electron chi connectivity index (χ3n) is 4.67. The molecule has 2 aliphatic rings. The van der Waals surface area contributed by atoms with Gasteiger partial charge in [0.1, 0.15) is 0 Å². The number of nitrogens with one attached hydrogen (secondary N) is 1. The van der Waals surface area contributed by atoms with Crippen LogP contribution in [0.3, 0.4) is 0 Å². The van der Waals surface area contributed by atoms with Crippen molar-refractivity contribution in [3.05, 3.63) is 0 Å². The number of hydrogen-bond donors (Lipinski definition) is 1. The largest absolute Gasteiger partial charge is 0.379 e. The molecule has 0 radical (unpaired) electrons. The highest BCUT2D eigenvalue weighted by atomic mass is 32.2. The first kappa shape index (κ1) is 20.4. The van der Waals surface area contributed by atoms with Gasteiger partial charge in [0.05, 0.1) is 19.5 Å². The smallest absolute Gasteiger partial charge is 0.317 e. The normalized spacial score (nSPS) is 23.2. The van der Waals surface area contributed by atoms with E-state index < -0.39 is 10.0 Å². The summed E-state index contributed by atoms with van der Waals surface area (Å²) in [6.45, 7) is 9.21. The Balaban J connectivity index is 1.97. The lowest BCUT2D eigenvalue weighted by Gasteiger charge is -2.39. The van der Waals surface area contributed by atoms with Crippen LogP contribution in [0.25, 0.3) is 0 Å². The zero-order valence-corrected chi connectivity index (χ0v) is 16.4. The summed E-state index contributed by atoms with van der Waals surface area (Å²) in [6, 6.07) is -0.191. The molecule has 0 aromatic heterocycles. The number of rotatable bonds is 6. The van der Waals surface area contributed by atoms with E-state index in [1.807, 2.05) is 13.8 Å². The average molecular weight is 377 g/mol. The fourth-order valence-corrected chi connectivity index (χ4v) is 4.52. The number of urea groups is 1. The molecule has 8 nitrogen and oxygen atoms in total. The summed E-state index contributed by atoms with van der Waals surface area (Å²) in [4.78, 5) is 16.2. The highest BCUT2D eigenvalue weighted by Gasteiger charge is 2.32. The average Bonchev–Trinajstić information content (AvgIpc) is 2.54. The van der Waals surface area contributed by atoms with Gasteiger partial charge in [-0.3, -0.25) is 4.90 Å². The van der Waals surface area contributed by atoms with Crippen LogP contribution in [0, 0.1) is 0 Å². The van der Waals surface area contributed by atoms with E-state index in [0.29, 0.717) is 39.4 Å². The van der Waals surface area contributed by atoms with Crippen molar-refractivity contribution in [1.82, 2.24) is 19.4 Å². The van der Waals surface area contributed by atoms with E-state index in [2.05, 4.69) is 10.2 Å². The number of amides is 2. The Morgan fingerprint density at radius 1 is 1.28 bits per heavy atom. The van der Waals surface area contributed by atoms with Gasteiger partial charge < -0.3 is 15.0 Å². The molecule has 25 heavy (non-hydrogen) atoms. The van der Waals surface area contributed by atoms with Crippen molar-refractivity contribution in [2.75, 3.05) is 58.7 Å². The van der Waals surface area contributed by atoms with Gasteiger partial charge >= 0.3 is 6.03 Å². The topological polar surface area (TPSA) is 82.2 Å². The van der Waals surface area contributed by atoms with Crippen LogP contribution in [0.2, 0.25) is 0 Å². The molecule has 2 aliphatic heterocycles. The van der Waals surface area contributed by atoms with Gasteiger partial charge in [-0.1, -0.05) is 0 Å². The number of hydrogen-bond acceptors (Lipinski definition) is 5. The maximum atomic E-state index is 12.3. The molecule has 146 valence electrons. The summed E-state index contributed by atoms with van der Waals surface area (Å²) in [5.74, 6) is 0. The Kier molecular flexibility index (Phi) is 7.48. The molecule has 2 heterocycles. The van der Waals surface area contributed by atoms with Gasteiger partial charge in [-0.2, -0.15) is 4.31 Å². The summed E-state index contributed by atoms with van der Waals surface area (Å²) < 4.78 is 31.6. The number of carbonyl (C=O) groups is 1. The number of sulfonamides is 1. The van der Waals surface area contributed by atoms with Crippen LogP contribution in [0.5, 0.6) is 0 Å². The highest BCUT2D eigenvalue weighted by molar-refractivity contribution is 7.88. The monoisotopic (exact) mass is 376 g/mol. The Labute approximate surface area is 151 Å². The second-order valence-electron chi connectivity index (χ2n) is 7.17. The molecule has 0 aromatic rings. The summed E-state index contributed by atoms with van der Waals surface area (Å²) >= 11 is 0. The predicted octanol–water partition coefficient (Wildman–Crippen LogP) is 0.163. The van der Waals surface area contributed by atoms with Crippen molar-refractivity contribution in [2.24, 2.45) is 0 Å². The molecule has 1 unspecified atom stereocenters. The molecule has 2 saturated heterocycles. The first-order valence-electron chi connectivity index (χ1n) is 9.09. The summed E-state index contributed by atoms with van der Waals surface area (Å²) in [7, 11) is -3.32. The van der Waals surface area contributed by atoms with Crippen molar-refractivity contribution >= 4 is 16.1 Å². The zero-order chi connectivity index (χ0) is 18.4.